The first-order valence-electron chi connectivity index (χ1n) is 3.44. The Morgan fingerprint density at radius 2 is 2.07 bits per heavy atom. The molecule has 1 rings (SSSR count). The van der Waals surface area contributed by atoms with Crippen LogP contribution in [0.25, 0.3) is 0 Å². The Hall–Kier alpha value is -1.86. The summed E-state index contributed by atoms with van der Waals surface area (Å²) in [6.07, 6.45) is -4.50. The molecule has 8 heteroatoms. The third-order valence-electron chi connectivity index (χ3n) is 1.25. The van der Waals surface area contributed by atoms with Crippen molar-refractivity contribution in [2.75, 3.05) is 0 Å². The summed E-state index contributed by atoms with van der Waals surface area (Å²) in [5, 5.41) is 8.32. The third-order valence-corrected chi connectivity index (χ3v) is 1.25. The van der Waals surface area contributed by atoms with Crippen LogP contribution in [0.4, 0.5) is 17.6 Å². The van der Waals surface area contributed by atoms with Gasteiger partial charge >= 0.3 is 12.3 Å². The van der Waals surface area contributed by atoms with Gasteiger partial charge in [-0.25, -0.2) is 14.2 Å². The summed E-state index contributed by atoms with van der Waals surface area (Å²) in [7, 11) is 0. The van der Waals surface area contributed by atoms with Crippen molar-refractivity contribution < 1.29 is 32.2 Å². The first-order chi connectivity index (χ1) is 6.79. The van der Waals surface area contributed by atoms with E-state index in [1.807, 2.05) is 0 Å². The largest absolute Gasteiger partial charge is 0.573 e. The topological polar surface area (TPSA) is 59.4 Å². The fourth-order valence-electron chi connectivity index (χ4n) is 0.767. The van der Waals surface area contributed by atoms with Crippen LogP contribution >= 0.6 is 0 Å². The van der Waals surface area contributed by atoms with Crippen LogP contribution in [0.15, 0.2) is 12.3 Å². The molecule has 0 bridgehead atoms. The predicted molar refractivity (Wildman–Crippen MR) is 37.8 cm³/mol. The highest BCUT2D eigenvalue weighted by atomic mass is 19.4. The molecule has 15 heavy (non-hydrogen) atoms. The van der Waals surface area contributed by atoms with Gasteiger partial charge in [-0.15, -0.1) is 13.2 Å². The fourth-order valence-corrected chi connectivity index (χ4v) is 0.767. The molecule has 1 N–H and O–H groups in total. The van der Waals surface area contributed by atoms with E-state index in [9.17, 15) is 22.4 Å². The van der Waals surface area contributed by atoms with Crippen LogP contribution in [-0.2, 0) is 0 Å². The van der Waals surface area contributed by atoms with Crippen LogP contribution < -0.4 is 4.74 Å². The van der Waals surface area contributed by atoms with Gasteiger partial charge in [0.2, 0.25) is 0 Å². The van der Waals surface area contributed by atoms with Crippen molar-refractivity contribution in [1.82, 2.24) is 4.98 Å². The number of carboxylic acid groups (broad SMARTS) is 1. The van der Waals surface area contributed by atoms with Crippen LogP contribution in [0.1, 0.15) is 10.5 Å². The fraction of sp³-hybridized carbons (Fsp3) is 0.143. The van der Waals surface area contributed by atoms with Crippen molar-refractivity contribution in [1.29, 1.82) is 0 Å². The molecule has 0 saturated carbocycles. The van der Waals surface area contributed by atoms with E-state index in [-0.39, 0.29) is 0 Å². The minimum absolute atomic E-state index is 0.296. The number of carboxylic acids is 1. The van der Waals surface area contributed by atoms with Gasteiger partial charge in [-0.3, -0.25) is 0 Å². The Bertz CT molecular complexity index is 390. The van der Waals surface area contributed by atoms with Gasteiger partial charge in [0.05, 0.1) is 6.20 Å². The molecule has 0 fully saturated rings. The van der Waals surface area contributed by atoms with Crippen molar-refractivity contribution >= 4 is 5.97 Å². The lowest BCUT2D eigenvalue weighted by molar-refractivity contribution is -0.274. The number of hydrogen-bond acceptors (Lipinski definition) is 3. The van der Waals surface area contributed by atoms with E-state index in [4.69, 9.17) is 5.11 Å². The van der Waals surface area contributed by atoms with Gasteiger partial charge in [-0.05, 0) is 0 Å². The van der Waals surface area contributed by atoms with Crippen molar-refractivity contribution in [3.63, 3.8) is 0 Å². The standard InChI is InChI=1S/C7H3F4NO3/c8-4-1-3(15-7(9,10)11)2-12-5(4)6(13)14/h1-2H,(H,13,14). The number of halogens is 4. The van der Waals surface area contributed by atoms with Gasteiger partial charge < -0.3 is 9.84 Å². The molecule has 1 aromatic heterocycles. The number of alkyl halides is 3. The molecule has 0 atom stereocenters. The van der Waals surface area contributed by atoms with Gasteiger partial charge in [-0.1, -0.05) is 0 Å². The Morgan fingerprint density at radius 1 is 1.47 bits per heavy atom. The Labute approximate surface area is 80.1 Å². The first-order valence-corrected chi connectivity index (χ1v) is 3.44. The summed E-state index contributed by atoms with van der Waals surface area (Å²) < 4.78 is 51.0. The quantitative estimate of drug-likeness (QED) is 0.780. The van der Waals surface area contributed by atoms with E-state index in [0.29, 0.717) is 12.3 Å². The summed E-state index contributed by atoms with van der Waals surface area (Å²) >= 11 is 0. The van der Waals surface area contributed by atoms with Gasteiger partial charge in [0.1, 0.15) is 0 Å². The zero-order chi connectivity index (χ0) is 11.6. The van der Waals surface area contributed by atoms with Crippen LogP contribution in [0.3, 0.4) is 0 Å². The highest BCUT2D eigenvalue weighted by molar-refractivity contribution is 5.85. The Morgan fingerprint density at radius 3 is 2.47 bits per heavy atom. The maximum Gasteiger partial charge on any atom is 0.573 e. The summed E-state index contributed by atoms with van der Waals surface area (Å²) in [6.45, 7) is 0. The monoisotopic (exact) mass is 225 g/mol. The number of ether oxygens (including phenoxy) is 1. The maximum absolute atomic E-state index is 12.8. The molecule has 1 heterocycles. The molecular formula is C7H3F4NO3. The predicted octanol–water partition coefficient (Wildman–Crippen LogP) is 1.82. The van der Waals surface area contributed by atoms with Crippen LogP contribution in [0.5, 0.6) is 5.75 Å². The molecule has 0 unspecified atom stereocenters. The molecule has 0 radical (unpaired) electrons. The lowest BCUT2D eigenvalue weighted by Crippen LogP contribution is -2.17. The van der Waals surface area contributed by atoms with Crippen molar-refractivity contribution in [3.05, 3.63) is 23.8 Å². The van der Waals surface area contributed by atoms with Crippen LogP contribution in [-0.4, -0.2) is 22.4 Å². The van der Waals surface area contributed by atoms with E-state index in [1.165, 1.54) is 0 Å². The number of rotatable bonds is 2. The minimum Gasteiger partial charge on any atom is -0.476 e. The van der Waals surface area contributed by atoms with E-state index in [1.54, 1.807) is 0 Å². The molecule has 0 spiro atoms. The normalized spacial score (nSPS) is 11.2. The summed E-state index contributed by atoms with van der Waals surface area (Å²) in [5.41, 5.74) is -0.968. The second-order valence-electron chi connectivity index (χ2n) is 2.35. The zero-order valence-electron chi connectivity index (χ0n) is 6.88. The van der Waals surface area contributed by atoms with Crippen LogP contribution in [0.2, 0.25) is 0 Å². The number of pyridine rings is 1. The van der Waals surface area contributed by atoms with Crippen LogP contribution in [0, 0.1) is 5.82 Å². The second kappa shape index (κ2) is 3.71. The first kappa shape index (κ1) is 11.2. The van der Waals surface area contributed by atoms with Crippen molar-refractivity contribution in [3.8, 4) is 5.75 Å². The smallest absolute Gasteiger partial charge is 0.476 e. The van der Waals surface area contributed by atoms with E-state index >= 15 is 0 Å². The summed E-state index contributed by atoms with van der Waals surface area (Å²) in [6, 6.07) is 0.296. The number of aromatic nitrogens is 1. The molecule has 82 valence electrons. The molecule has 0 saturated heterocycles. The van der Waals surface area contributed by atoms with Gasteiger partial charge in [0, 0.05) is 6.07 Å². The number of nitrogens with zero attached hydrogens (tertiary/aromatic N) is 1. The third kappa shape index (κ3) is 3.08. The Balaban J connectivity index is 2.97. The second-order valence-corrected chi connectivity index (χ2v) is 2.35. The number of carbonyl (C=O) groups is 1. The highest BCUT2D eigenvalue weighted by Gasteiger charge is 2.31. The summed E-state index contributed by atoms with van der Waals surface area (Å²) in [5.74, 6) is -3.99. The average Bonchev–Trinajstić information content (AvgIpc) is 1.99. The lowest BCUT2D eigenvalue weighted by Gasteiger charge is -2.08. The number of aromatic carboxylic acids is 1. The van der Waals surface area contributed by atoms with Gasteiger partial charge in [-0.2, -0.15) is 0 Å². The number of hydrogen-bond donors (Lipinski definition) is 1. The molecular weight excluding hydrogens is 222 g/mol. The summed E-state index contributed by atoms with van der Waals surface area (Å²) in [4.78, 5) is 13.2. The Kier molecular flexibility index (Phi) is 2.78. The maximum atomic E-state index is 12.8. The van der Waals surface area contributed by atoms with Gasteiger partial charge in [0.25, 0.3) is 0 Å². The molecule has 0 aliphatic carbocycles. The molecule has 0 aliphatic heterocycles. The van der Waals surface area contributed by atoms with E-state index < -0.39 is 29.6 Å². The molecule has 0 aromatic carbocycles. The molecule has 0 aliphatic rings. The molecule has 4 nitrogen and oxygen atoms in total. The van der Waals surface area contributed by atoms with Crippen molar-refractivity contribution in [2.45, 2.75) is 6.36 Å². The SMILES string of the molecule is O=C(O)c1ncc(OC(F)(F)F)cc1F. The average molecular weight is 225 g/mol. The highest BCUT2D eigenvalue weighted by Crippen LogP contribution is 2.23. The lowest BCUT2D eigenvalue weighted by atomic mass is 10.3. The van der Waals surface area contributed by atoms with E-state index in [2.05, 4.69) is 9.72 Å². The zero-order valence-corrected chi connectivity index (χ0v) is 6.88. The van der Waals surface area contributed by atoms with Crippen molar-refractivity contribution in [2.24, 2.45) is 0 Å². The molecule has 1 aromatic rings. The molecule has 0 amide bonds. The van der Waals surface area contributed by atoms with E-state index in [0.717, 1.165) is 0 Å². The van der Waals surface area contributed by atoms with Gasteiger partial charge in [0.15, 0.2) is 17.3 Å². The minimum atomic E-state index is -4.97.